The van der Waals surface area contributed by atoms with Gasteiger partial charge in [-0.15, -0.1) is 35.3 Å². The number of halogens is 1. The molecule has 3 heterocycles. The van der Waals surface area contributed by atoms with Crippen molar-refractivity contribution in [2.45, 2.75) is 6.54 Å². The van der Waals surface area contributed by atoms with E-state index in [4.69, 9.17) is 14.9 Å². The zero-order chi connectivity index (χ0) is 16.4. The van der Waals surface area contributed by atoms with E-state index in [1.807, 2.05) is 35.2 Å². The van der Waals surface area contributed by atoms with Crippen LogP contribution in [-0.4, -0.2) is 42.1 Å². The minimum Gasteiger partial charge on any atom is -0.457 e. The molecule has 1 saturated heterocycles. The third kappa shape index (κ3) is 4.13. The van der Waals surface area contributed by atoms with Crippen LogP contribution in [0.5, 0.6) is 0 Å². The Morgan fingerprint density at radius 1 is 1.20 bits per heavy atom. The summed E-state index contributed by atoms with van der Waals surface area (Å²) in [7, 11) is 0. The van der Waals surface area contributed by atoms with Crippen LogP contribution < -0.4 is 5.73 Å². The van der Waals surface area contributed by atoms with Crippen molar-refractivity contribution in [1.29, 1.82) is 0 Å². The molecule has 2 aromatic heterocycles. The maximum atomic E-state index is 6.03. The van der Waals surface area contributed by atoms with E-state index < -0.39 is 0 Å². The number of nitrogens with zero attached hydrogens (tertiary/aromatic N) is 3. The molecule has 3 aromatic rings. The molecule has 8 heteroatoms. The van der Waals surface area contributed by atoms with Crippen LogP contribution in [0.3, 0.4) is 0 Å². The van der Waals surface area contributed by atoms with Crippen LogP contribution in [0, 0.1) is 0 Å². The van der Waals surface area contributed by atoms with Gasteiger partial charge in [0.25, 0.3) is 0 Å². The second kappa shape index (κ2) is 8.15. The topological polar surface area (TPSA) is 76.9 Å². The average molecular weight is 470 g/mol. The first-order valence-electron chi connectivity index (χ1n) is 7.87. The number of benzene rings is 1. The Labute approximate surface area is 166 Å². The highest BCUT2D eigenvalue weighted by atomic mass is 127. The lowest BCUT2D eigenvalue weighted by Gasteiger charge is -2.27. The predicted molar refractivity (Wildman–Crippen MR) is 110 cm³/mol. The number of para-hydroxylation sites is 1. The summed E-state index contributed by atoms with van der Waals surface area (Å²) in [6, 6.07) is 11.9. The fourth-order valence-corrected chi connectivity index (χ4v) is 3.53. The lowest BCUT2D eigenvalue weighted by molar-refractivity contribution is 0.0674. The highest BCUT2D eigenvalue weighted by Crippen LogP contribution is 2.31. The van der Waals surface area contributed by atoms with E-state index in [-0.39, 0.29) is 24.0 Å². The van der Waals surface area contributed by atoms with Crippen molar-refractivity contribution in [2.75, 3.05) is 26.3 Å². The number of hydrogen-bond donors (Lipinski definition) is 1. The van der Waals surface area contributed by atoms with E-state index in [0.717, 1.165) is 39.8 Å². The van der Waals surface area contributed by atoms with Gasteiger partial charge in [-0.1, -0.05) is 12.1 Å². The van der Waals surface area contributed by atoms with Crippen molar-refractivity contribution in [2.24, 2.45) is 10.7 Å². The Kier molecular flexibility index (Phi) is 5.92. The molecule has 0 spiro atoms. The first-order chi connectivity index (χ1) is 11.8. The summed E-state index contributed by atoms with van der Waals surface area (Å²) in [5.74, 6) is 2.09. The van der Waals surface area contributed by atoms with Crippen LogP contribution in [-0.2, 0) is 11.3 Å². The second-order valence-corrected chi connectivity index (χ2v) is 6.56. The molecule has 4 rings (SSSR count). The van der Waals surface area contributed by atoms with Gasteiger partial charge in [0, 0.05) is 13.1 Å². The van der Waals surface area contributed by atoms with Crippen LogP contribution in [0.2, 0.25) is 0 Å². The quantitative estimate of drug-likeness (QED) is 0.361. The van der Waals surface area contributed by atoms with E-state index in [2.05, 4.69) is 16.0 Å². The number of aromatic nitrogens is 1. The van der Waals surface area contributed by atoms with Crippen molar-refractivity contribution in [3.8, 4) is 10.8 Å². The van der Waals surface area contributed by atoms with Gasteiger partial charge in [-0.2, -0.15) is 0 Å². The maximum absolute atomic E-state index is 6.03. The molecule has 0 amide bonds. The Hall–Kier alpha value is -1.65. The van der Waals surface area contributed by atoms with Gasteiger partial charge >= 0.3 is 0 Å². The molecule has 1 fully saturated rings. The molecule has 0 saturated carbocycles. The van der Waals surface area contributed by atoms with Crippen LogP contribution in [0.1, 0.15) is 5.76 Å². The molecule has 0 aliphatic carbocycles. The van der Waals surface area contributed by atoms with E-state index in [1.54, 1.807) is 11.3 Å². The highest BCUT2D eigenvalue weighted by Gasteiger charge is 2.13. The lowest BCUT2D eigenvalue weighted by atomic mass is 10.3. The van der Waals surface area contributed by atoms with Crippen LogP contribution in [0.15, 0.2) is 45.8 Å². The second-order valence-electron chi connectivity index (χ2n) is 5.53. The maximum Gasteiger partial charge on any atom is 0.191 e. The monoisotopic (exact) mass is 470 g/mol. The highest BCUT2D eigenvalue weighted by molar-refractivity contribution is 14.0. The van der Waals surface area contributed by atoms with Crippen molar-refractivity contribution in [3.63, 3.8) is 0 Å². The molecule has 1 aliphatic heterocycles. The number of ether oxygens (including phenoxy) is 1. The smallest absolute Gasteiger partial charge is 0.191 e. The molecule has 0 bridgehead atoms. The largest absolute Gasteiger partial charge is 0.457 e. The van der Waals surface area contributed by atoms with Crippen LogP contribution in [0.4, 0.5) is 0 Å². The number of guanidine groups is 1. The van der Waals surface area contributed by atoms with Crippen molar-refractivity contribution in [3.05, 3.63) is 42.2 Å². The third-order valence-electron chi connectivity index (χ3n) is 3.90. The summed E-state index contributed by atoms with van der Waals surface area (Å²) < 4.78 is 12.3. The predicted octanol–water partition coefficient (Wildman–Crippen LogP) is 3.32. The molecule has 1 aromatic carbocycles. The fraction of sp³-hybridized carbons (Fsp3) is 0.294. The summed E-state index contributed by atoms with van der Waals surface area (Å²) in [6.45, 7) is 3.38. The van der Waals surface area contributed by atoms with Gasteiger partial charge in [0.05, 0.1) is 23.4 Å². The van der Waals surface area contributed by atoms with E-state index >= 15 is 0 Å². The molecule has 1 aliphatic rings. The molecule has 2 N–H and O–H groups in total. The molecule has 25 heavy (non-hydrogen) atoms. The van der Waals surface area contributed by atoms with E-state index in [1.165, 1.54) is 0 Å². The number of morpholine rings is 1. The number of rotatable bonds is 3. The molecule has 0 atom stereocenters. The molecule has 132 valence electrons. The number of nitrogens with two attached hydrogens (primary N) is 1. The van der Waals surface area contributed by atoms with Gasteiger partial charge in [-0.05, 0) is 24.3 Å². The standard InChI is InChI=1S/C17H18N4O2S.HI/c18-17(21-7-9-22-10-8-21)19-11-12-5-6-14(23-12)16-20-13-3-1-2-4-15(13)24-16;/h1-6H,7-11H2,(H2,18,19);1H. The number of fused-ring (bicyclic) bond motifs is 1. The fourth-order valence-electron chi connectivity index (χ4n) is 2.61. The van der Waals surface area contributed by atoms with Gasteiger partial charge in [0.15, 0.2) is 16.7 Å². The zero-order valence-electron chi connectivity index (χ0n) is 13.6. The first-order valence-corrected chi connectivity index (χ1v) is 8.68. The van der Waals surface area contributed by atoms with Gasteiger partial charge in [0.2, 0.25) is 0 Å². The Morgan fingerprint density at radius 2 is 2.00 bits per heavy atom. The first kappa shape index (κ1) is 18.2. The summed E-state index contributed by atoms with van der Waals surface area (Å²) in [6.07, 6.45) is 0. The number of hydrogen-bond acceptors (Lipinski definition) is 5. The summed E-state index contributed by atoms with van der Waals surface area (Å²) in [5.41, 5.74) is 7.02. The molecule has 0 radical (unpaired) electrons. The summed E-state index contributed by atoms with van der Waals surface area (Å²) in [4.78, 5) is 11.1. The number of furan rings is 1. The van der Waals surface area contributed by atoms with Gasteiger partial charge in [-0.3, -0.25) is 0 Å². The lowest BCUT2D eigenvalue weighted by Crippen LogP contribution is -2.44. The van der Waals surface area contributed by atoms with Crippen molar-refractivity contribution in [1.82, 2.24) is 9.88 Å². The van der Waals surface area contributed by atoms with Gasteiger partial charge in [-0.25, -0.2) is 9.98 Å². The SMILES string of the molecule is I.NC(=NCc1ccc(-c2nc3ccccc3s2)o1)N1CCOCC1. The summed E-state index contributed by atoms with van der Waals surface area (Å²) in [5, 5.41) is 0.882. The summed E-state index contributed by atoms with van der Waals surface area (Å²) >= 11 is 1.62. The Bertz CT molecular complexity index is 837. The van der Waals surface area contributed by atoms with Gasteiger partial charge < -0.3 is 19.8 Å². The third-order valence-corrected chi connectivity index (χ3v) is 4.95. The molecular weight excluding hydrogens is 451 g/mol. The van der Waals surface area contributed by atoms with Gasteiger partial charge in [0.1, 0.15) is 12.3 Å². The van der Waals surface area contributed by atoms with Crippen molar-refractivity contribution >= 4 is 51.5 Å². The average Bonchev–Trinajstić information content (AvgIpc) is 3.27. The Balaban J connectivity index is 0.00000182. The number of aliphatic imine (C=N–C) groups is 1. The normalized spacial score (nSPS) is 15.4. The molecule has 6 nitrogen and oxygen atoms in total. The van der Waals surface area contributed by atoms with Crippen LogP contribution in [0.25, 0.3) is 21.0 Å². The van der Waals surface area contributed by atoms with E-state index in [0.29, 0.717) is 25.7 Å². The number of thiazole rings is 1. The molecule has 0 unspecified atom stereocenters. The zero-order valence-corrected chi connectivity index (χ0v) is 16.7. The van der Waals surface area contributed by atoms with Crippen LogP contribution >= 0.6 is 35.3 Å². The Morgan fingerprint density at radius 3 is 2.80 bits per heavy atom. The minimum atomic E-state index is 0. The minimum absolute atomic E-state index is 0. The van der Waals surface area contributed by atoms with E-state index in [9.17, 15) is 0 Å². The molecular formula is C17H19IN4O2S. The van der Waals surface area contributed by atoms with Crippen molar-refractivity contribution < 1.29 is 9.15 Å².